The van der Waals surface area contributed by atoms with Crippen molar-refractivity contribution in [1.82, 2.24) is 0 Å². The Morgan fingerprint density at radius 1 is 0.563 bits per heavy atom. The van der Waals surface area contributed by atoms with Crippen molar-refractivity contribution >= 4 is 5.97 Å². The molecule has 2 heterocycles. The van der Waals surface area contributed by atoms with Crippen molar-refractivity contribution in [3.63, 3.8) is 0 Å². The summed E-state index contributed by atoms with van der Waals surface area (Å²) in [7, 11) is 0. The molecule has 8 saturated carbocycles. The van der Waals surface area contributed by atoms with Gasteiger partial charge in [-0.1, -0.05) is 111 Å². The lowest BCUT2D eigenvalue weighted by Crippen LogP contribution is -2.66. The predicted molar refractivity (Wildman–Crippen MR) is 286 cm³/mol. The Labute approximate surface area is 435 Å². The third-order valence-corrected chi connectivity index (χ3v) is 27.9. The van der Waals surface area contributed by atoms with Gasteiger partial charge in [0.1, 0.15) is 28.5 Å². The van der Waals surface area contributed by atoms with E-state index < -0.39 is 11.7 Å². The number of aliphatic hydroxyl groups excluding tert-OH is 2. The minimum absolute atomic E-state index is 0.00229. The smallest absolute Gasteiger partial charge is 0.302 e. The van der Waals surface area contributed by atoms with Crippen LogP contribution in [-0.4, -0.2) is 67.6 Å². The number of epoxide rings is 2. The zero-order valence-corrected chi connectivity index (χ0v) is 49.4. The topological polar surface area (TPSA) is 112 Å². The highest BCUT2D eigenvalue weighted by molar-refractivity contribution is 5.66. The Balaban J connectivity index is 0.000000176. The Morgan fingerprint density at radius 3 is 1.44 bits per heavy atom. The lowest BCUT2D eigenvalue weighted by Gasteiger charge is -2.64. The fourth-order valence-electron chi connectivity index (χ4n) is 22.6. The summed E-state index contributed by atoms with van der Waals surface area (Å²) in [5.74, 6) is 4.48. The molecule has 0 amide bonds. The number of esters is 1. The van der Waals surface area contributed by atoms with Crippen molar-refractivity contribution in [1.29, 1.82) is 0 Å². The van der Waals surface area contributed by atoms with Gasteiger partial charge in [-0.15, -0.1) is 0 Å². The number of rotatable bonds is 10. The van der Waals surface area contributed by atoms with Crippen molar-refractivity contribution in [3.8, 4) is 0 Å². The summed E-state index contributed by atoms with van der Waals surface area (Å²) in [6.45, 7) is 44.3. The molecule has 71 heavy (non-hydrogen) atoms. The summed E-state index contributed by atoms with van der Waals surface area (Å²) in [6.07, 6.45) is 22.6. The van der Waals surface area contributed by atoms with Crippen molar-refractivity contribution in [2.75, 3.05) is 0 Å². The average molecular weight is 992 g/mol. The lowest BCUT2D eigenvalue weighted by molar-refractivity contribution is -0.158. The second-order valence-electron chi connectivity index (χ2n) is 32.2. The van der Waals surface area contributed by atoms with Gasteiger partial charge in [0.15, 0.2) is 0 Å². The maximum absolute atomic E-state index is 11.8. The van der Waals surface area contributed by atoms with Crippen molar-refractivity contribution < 1.29 is 34.3 Å². The minimum Gasteiger partial charge on any atom is -0.462 e. The quantitative estimate of drug-likeness (QED) is 0.148. The van der Waals surface area contributed by atoms with E-state index in [2.05, 4.69) is 111 Å². The summed E-state index contributed by atoms with van der Waals surface area (Å²) in [5, 5.41) is 31.5. The van der Waals surface area contributed by atoms with Crippen LogP contribution in [0.2, 0.25) is 0 Å². The molecular formula is C64H110O7. The van der Waals surface area contributed by atoms with E-state index in [0.717, 1.165) is 62.7 Å². The van der Waals surface area contributed by atoms with Gasteiger partial charge in [0.25, 0.3) is 0 Å². The number of hydrogen-bond donors (Lipinski definition) is 3. The van der Waals surface area contributed by atoms with Crippen LogP contribution in [-0.2, 0) is 19.0 Å². The lowest BCUT2D eigenvalue weighted by atomic mass is 9.37. The fourth-order valence-corrected chi connectivity index (χ4v) is 22.6. The van der Waals surface area contributed by atoms with Crippen molar-refractivity contribution in [3.05, 3.63) is 0 Å². The zero-order valence-electron chi connectivity index (χ0n) is 49.4. The molecule has 0 spiro atoms. The standard InChI is InChI=1S/C34H58O3.C30H52O4/c1-22(12-13-27(28(4,5)6)36-24(3)35)25-15-18-32(11)30(25,9)20-21-33-31(10)17-14-23(2)29(7,8)26(31)16-19-34(32,33)37-33;1-19(9-10-23(32)25(4,5)33)20-11-15-28(8)26(20,6)17-18-29-27(7)14-13-22(31)24(2,3)21(27)12-16-30(28,29)34-29/h22-23,25-27H,12-21H2,1-11H3;19-23,31-33H,9-18H2,1-8H3/t22?,23-,25?,26-,27?,30+,31-,32+,33?,34?;19?,20?,21-,22-,23?,26+,27-,28+,29?,30?/m00/s1. The average Bonchev–Trinajstić information content (AvgIpc) is 4.12. The molecule has 3 N–H and O–H groups in total. The van der Waals surface area contributed by atoms with Gasteiger partial charge in [-0.05, 0) is 211 Å². The molecule has 10 rings (SSSR count). The molecule has 7 nitrogen and oxygen atoms in total. The number of ether oxygens (including phenoxy) is 3. The van der Waals surface area contributed by atoms with Crippen LogP contribution in [0, 0.1) is 90.2 Å². The van der Waals surface area contributed by atoms with Crippen LogP contribution in [0.5, 0.6) is 0 Å². The van der Waals surface area contributed by atoms with E-state index in [1.54, 1.807) is 20.8 Å². The number of carbonyl (C=O) groups is 1. The predicted octanol–water partition coefficient (Wildman–Crippen LogP) is 14.8. The van der Waals surface area contributed by atoms with E-state index in [1.165, 1.54) is 77.0 Å². The highest BCUT2D eigenvalue weighted by Crippen LogP contribution is 2.88. The Morgan fingerprint density at radius 2 is 1.00 bits per heavy atom. The van der Waals surface area contributed by atoms with Crippen LogP contribution in [0.25, 0.3) is 0 Å². The van der Waals surface area contributed by atoms with Crippen LogP contribution in [0.4, 0.5) is 0 Å². The molecule has 20 atom stereocenters. The van der Waals surface area contributed by atoms with Crippen LogP contribution in [0.3, 0.4) is 0 Å². The van der Waals surface area contributed by atoms with Crippen LogP contribution in [0.15, 0.2) is 0 Å². The van der Waals surface area contributed by atoms with Crippen molar-refractivity contribution in [2.45, 2.75) is 306 Å². The van der Waals surface area contributed by atoms with E-state index >= 15 is 0 Å². The SMILES string of the molecule is CC(=O)OC(CCC(C)C1CC[C@@]2(C)C34CC[C@H]5C(C)(C)[C@@H](C)CC[C@]5(C)C3(CC[C@]12C)O4)C(C)(C)C.CC(CCC(O)C(C)(C)O)C1CC[C@@]2(C)C34CC[C@H]5C(C)(C)[C@@H](O)CC[C@]5(C)C3(CC[C@]12C)O4. The van der Waals surface area contributed by atoms with Gasteiger partial charge in [-0.3, -0.25) is 4.79 Å². The summed E-state index contributed by atoms with van der Waals surface area (Å²) < 4.78 is 20.4. The van der Waals surface area contributed by atoms with Gasteiger partial charge in [-0.2, -0.15) is 0 Å². The van der Waals surface area contributed by atoms with Gasteiger partial charge < -0.3 is 29.5 Å². The Hall–Kier alpha value is -0.730. The molecule has 0 radical (unpaired) electrons. The van der Waals surface area contributed by atoms with Crippen LogP contribution in [0.1, 0.15) is 260 Å². The molecule has 8 aliphatic carbocycles. The van der Waals surface area contributed by atoms with Gasteiger partial charge in [-0.25, -0.2) is 0 Å². The third kappa shape index (κ3) is 7.02. The third-order valence-electron chi connectivity index (χ3n) is 27.9. The van der Waals surface area contributed by atoms with E-state index in [1.807, 2.05) is 0 Å². The maximum Gasteiger partial charge on any atom is 0.302 e. The summed E-state index contributed by atoms with van der Waals surface area (Å²) in [5.41, 5.74) is 0.977. The fraction of sp³-hybridized carbons (Fsp3) is 0.984. The molecule has 408 valence electrons. The second kappa shape index (κ2) is 16.6. The van der Waals surface area contributed by atoms with Crippen molar-refractivity contribution in [2.24, 2.45) is 90.2 Å². The minimum atomic E-state index is -1.03. The molecule has 10 fully saturated rings. The van der Waals surface area contributed by atoms with E-state index in [9.17, 15) is 20.1 Å². The number of fused-ring (bicyclic) bond motifs is 4. The molecule has 7 heteroatoms. The number of aliphatic hydroxyl groups is 3. The summed E-state index contributed by atoms with van der Waals surface area (Å²) in [6, 6.07) is 0. The summed E-state index contributed by atoms with van der Waals surface area (Å²) in [4.78, 5) is 11.8. The first-order valence-electron chi connectivity index (χ1n) is 30.1. The van der Waals surface area contributed by atoms with Gasteiger partial charge in [0.2, 0.25) is 0 Å². The zero-order chi connectivity index (χ0) is 52.6. The van der Waals surface area contributed by atoms with E-state index in [-0.39, 0.29) is 73.1 Å². The Bertz CT molecular complexity index is 2050. The molecule has 2 saturated heterocycles. The molecule has 2 aliphatic heterocycles. The van der Waals surface area contributed by atoms with Gasteiger partial charge >= 0.3 is 5.97 Å². The normalized spacial score (nSPS) is 51.4. The Kier molecular flexibility index (Phi) is 12.9. The second-order valence-corrected chi connectivity index (χ2v) is 32.2. The number of carbonyl (C=O) groups excluding carboxylic acids is 1. The summed E-state index contributed by atoms with van der Waals surface area (Å²) >= 11 is 0. The van der Waals surface area contributed by atoms with Gasteiger partial charge in [0.05, 0.1) is 17.8 Å². The molecule has 10 aliphatic rings. The van der Waals surface area contributed by atoms with Crippen LogP contribution >= 0.6 is 0 Å². The molecule has 0 aromatic rings. The highest BCUT2D eigenvalue weighted by atomic mass is 16.6. The molecule has 0 aromatic carbocycles. The molecular weight excluding hydrogens is 881 g/mol. The molecule has 0 aromatic heterocycles. The van der Waals surface area contributed by atoms with E-state index in [0.29, 0.717) is 46.3 Å². The first kappa shape index (κ1) is 55.0. The molecule has 0 bridgehead atoms. The first-order valence-corrected chi connectivity index (χ1v) is 30.1. The van der Waals surface area contributed by atoms with Gasteiger partial charge in [0, 0.05) is 28.6 Å². The maximum atomic E-state index is 11.8. The largest absolute Gasteiger partial charge is 0.462 e. The number of hydrogen-bond acceptors (Lipinski definition) is 7. The van der Waals surface area contributed by atoms with Crippen LogP contribution < -0.4 is 0 Å². The monoisotopic (exact) mass is 991 g/mol. The van der Waals surface area contributed by atoms with E-state index in [4.69, 9.17) is 14.2 Å². The molecule has 10 unspecified atom stereocenters. The first-order chi connectivity index (χ1) is 32.4. The highest BCUT2D eigenvalue weighted by Gasteiger charge is 2.91.